The molecule has 0 saturated carbocycles. The van der Waals surface area contributed by atoms with Gasteiger partial charge in [0.15, 0.2) is 5.82 Å². The third-order valence-electron chi connectivity index (χ3n) is 5.29. The Balaban J connectivity index is 1.40. The van der Waals surface area contributed by atoms with E-state index in [0.29, 0.717) is 17.8 Å². The SMILES string of the molecule is O=[N+]([O-])c1cccc2[nH]cc(CN3CCc4nc(-c5cccnc5)ncc4C3)c12. The van der Waals surface area contributed by atoms with Crippen molar-refractivity contribution in [3.63, 3.8) is 0 Å². The standard InChI is InChI=1S/C21H18N6O2/c28-27(29)19-5-1-4-18-20(19)16(11-23-18)13-26-8-6-17-15(12-26)10-24-21(25-17)14-3-2-7-22-9-14/h1-5,7,9-11,23H,6,8,12-13H2. The molecule has 0 amide bonds. The van der Waals surface area contributed by atoms with Crippen molar-refractivity contribution >= 4 is 16.6 Å². The van der Waals surface area contributed by atoms with Gasteiger partial charge in [0.25, 0.3) is 5.69 Å². The number of hydrogen-bond donors (Lipinski definition) is 1. The molecule has 4 aromatic rings. The maximum atomic E-state index is 11.4. The van der Waals surface area contributed by atoms with Gasteiger partial charge in [0.2, 0.25) is 0 Å². The van der Waals surface area contributed by atoms with Crippen LogP contribution in [0.5, 0.6) is 0 Å². The number of nitrogens with one attached hydrogen (secondary N) is 1. The van der Waals surface area contributed by atoms with E-state index in [0.717, 1.165) is 47.4 Å². The molecule has 3 aromatic heterocycles. The molecular formula is C21H18N6O2. The second kappa shape index (κ2) is 7.06. The van der Waals surface area contributed by atoms with Crippen LogP contribution in [-0.2, 0) is 19.5 Å². The average molecular weight is 386 g/mol. The molecule has 0 unspecified atom stereocenters. The van der Waals surface area contributed by atoms with Crippen LogP contribution >= 0.6 is 0 Å². The van der Waals surface area contributed by atoms with Crippen LogP contribution < -0.4 is 0 Å². The number of non-ortho nitro benzene ring substituents is 1. The zero-order valence-electron chi connectivity index (χ0n) is 15.6. The number of nitrogens with zero attached hydrogens (tertiary/aromatic N) is 5. The van der Waals surface area contributed by atoms with Crippen LogP contribution in [0.2, 0.25) is 0 Å². The van der Waals surface area contributed by atoms with Gasteiger partial charge in [-0.15, -0.1) is 0 Å². The zero-order valence-corrected chi connectivity index (χ0v) is 15.6. The number of H-pyrrole nitrogens is 1. The first-order valence-electron chi connectivity index (χ1n) is 9.40. The van der Waals surface area contributed by atoms with Crippen molar-refractivity contribution in [3.8, 4) is 11.4 Å². The number of aromatic amines is 1. The van der Waals surface area contributed by atoms with Crippen LogP contribution in [0.15, 0.2) is 55.1 Å². The summed E-state index contributed by atoms with van der Waals surface area (Å²) < 4.78 is 0. The lowest BCUT2D eigenvalue weighted by molar-refractivity contribution is -0.383. The number of aromatic nitrogens is 4. The summed E-state index contributed by atoms with van der Waals surface area (Å²) in [5.41, 5.74) is 4.92. The van der Waals surface area contributed by atoms with Gasteiger partial charge >= 0.3 is 0 Å². The molecule has 0 saturated heterocycles. The lowest BCUT2D eigenvalue weighted by Crippen LogP contribution is -2.30. The summed E-state index contributed by atoms with van der Waals surface area (Å²) in [6.45, 7) is 2.19. The van der Waals surface area contributed by atoms with Gasteiger partial charge in [0, 0.05) is 68.0 Å². The summed E-state index contributed by atoms with van der Waals surface area (Å²) in [5, 5.41) is 12.1. The fraction of sp³-hybridized carbons (Fsp3) is 0.190. The quantitative estimate of drug-likeness (QED) is 0.426. The van der Waals surface area contributed by atoms with E-state index >= 15 is 0 Å². The number of pyridine rings is 1. The Bertz CT molecular complexity index is 1200. The maximum Gasteiger partial charge on any atom is 0.279 e. The van der Waals surface area contributed by atoms with Crippen LogP contribution in [-0.4, -0.2) is 36.3 Å². The normalized spacial score (nSPS) is 14.1. The monoisotopic (exact) mass is 386 g/mol. The van der Waals surface area contributed by atoms with Crippen molar-refractivity contribution in [1.82, 2.24) is 24.8 Å². The zero-order chi connectivity index (χ0) is 19.8. The fourth-order valence-corrected chi connectivity index (χ4v) is 3.90. The third-order valence-corrected chi connectivity index (χ3v) is 5.29. The number of rotatable bonds is 4. The number of nitro groups is 1. The van der Waals surface area contributed by atoms with Crippen molar-refractivity contribution < 1.29 is 4.92 Å². The lowest BCUT2D eigenvalue weighted by atomic mass is 10.1. The molecule has 1 aliphatic heterocycles. The Morgan fingerprint density at radius 3 is 2.97 bits per heavy atom. The number of benzene rings is 1. The maximum absolute atomic E-state index is 11.4. The van der Waals surface area contributed by atoms with Crippen LogP contribution in [0, 0.1) is 10.1 Å². The summed E-state index contributed by atoms with van der Waals surface area (Å²) in [6, 6.07) is 8.95. The summed E-state index contributed by atoms with van der Waals surface area (Å²) >= 11 is 0. The van der Waals surface area contributed by atoms with E-state index in [2.05, 4.69) is 19.9 Å². The van der Waals surface area contributed by atoms with Gasteiger partial charge in [0.1, 0.15) is 0 Å². The molecule has 0 aliphatic carbocycles. The van der Waals surface area contributed by atoms with E-state index in [1.165, 1.54) is 0 Å². The molecule has 5 rings (SSSR count). The predicted octanol–water partition coefficient (Wildman–Crippen LogP) is 3.49. The van der Waals surface area contributed by atoms with Gasteiger partial charge < -0.3 is 4.98 Å². The van der Waals surface area contributed by atoms with Gasteiger partial charge in [-0.2, -0.15) is 0 Å². The molecule has 0 radical (unpaired) electrons. The largest absolute Gasteiger partial charge is 0.361 e. The predicted molar refractivity (Wildman–Crippen MR) is 108 cm³/mol. The Kier molecular flexibility index (Phi) is 4.25. The molecule has 1 aromatic carbocycles. The first-order chi connectivity index (χ1) is 14.2. The second-order valence-electron chi connectivity index (χ2n) is 7.14. The fourth-order valence-electron chi connectivity index (χ4n) is 3.90. The van der Waals surface area contributed by atoms with Gasteiger partial charge in [-0.05, 0) is 23.8 Å². The number of nitro benzene ring substituents is 1. The lowest BCUT2D eigenvalue weighted by Gasteiger charge is -2.27. The molecule has 1 N–H and O–H groups in total. The highest BCUT2D eigenvalue weighted by Gasteiger charge is 2.22. The third kappa shape index (κ3) is 3.23. The topological polar surface area (TPSA) is 101 Å². The van der Waals surface area contributed by atoms with Crippen LogP contribution in [0.3, 0.4) is 0 Å². The molecule has 0 atom stereocenters. The van der Waals surface area contributed by atoms with E-state index in [4.69, 9.17) is 4.98 Å². The summed E-state index contributed by atoms with van der Waals surface area (Å²) in [5.74, 6) is 0.692. The van der Waals surface area contributed by atoms with Crippen molar-refractivity contribution in [3.05, 3.63) is 82.1 Å². The average Bonchev–Trinajstić information content (AvgIpc) is 3.17. The van der Waals surface area contributed by atoms with Crippen molar-refractivity contribution in [2.24, 2.45) is 0 Å². The van der Waals surface area contributed by atoms with Gasteiger partial charge in [0.05, 0.1) is 21.5 Å². The minimum Gasteiger partial charge on any atom is -0.361 e. The molecular weight excluding hydrogens is 368 g/mol. The smallest absolute Gasteiger partial charge is 0.279 e. The van der Waals surface area contributed by atoms with E-state index < -0.39 is 0 Å². The Labute approximate surface area is 166 Å². The van der Waals surface area contributed by atoms with E-state index in [1.54, 1.807) is 24.5 Å². The molecule has 8 nitrogen and oxygen atoms in total. The van der Waals surface area contributed by atoms with Crippen molar-refractivity contribution in [1.29, 1.82) is 0 Å². The molecule has 144 valence electrons. The number of fused-ring (bicyclic) bond motifs is 2. The van der Waals surface area contributed by atoms with Gasteiger partial charge in [-0.25, -0.2) is 9.97 Å². The number of hydrogen-bond acceptors (Lipinski definition) is 6. The van der Waals surface area contributed by atoms with Crippen molar-refractivity contribution in [2.75, 3.05) is 6.54 Å². The van der Waals surface area contributed by atoms with E-state index in [9.17, 15) is 10.1 Å². The minimum atomic E-state index is -0.320. The first kappa shape index (κ1) is 17.4. The minimum absolute atomic E-state index is 0.139. The van der Waals surface area contributed by atoms with Gasteiger partial charge in [-0.3, -0.25) is 20.0 Å². The molecule has 4 heterocycles. The van der Waals surface area contributed by atoms with E-state index in [1.807, 2.05) is 30.6 Å². The second-order valence-corrected chi connectivity index (χ2v) is 7.14. The molecule has 1 aliphatic rings. The van der Waals surface area contributed by atoms with Crippen LogP contribution in [0.4, 0.5) is 5.69 Å². The van der Waals surface area contributed by atoms with Crippen LogP contribution in [0.25, 0.3) is 22.3 Å². The Morgan fingerprint density at radius 2 is 2.14 bits per heavy atom. The molecule has 0 fully saturated rings. The highest BCUT2D eigenvalue weighted by Crippen LogP contribution is 2.30. The first-order valence-corrected chi connectivity index (χ1v) is 9.40. The highest BCUT2D eigenvalue weighted by molar-refractivity contribution is 5.91. The van der Waals surface area contributed by atoms with Crippen LogP contribution in [0.1, 0.15) is 16.8 Å². The molecule has 0 bridgehead atoms. The Morgan fingerprint density at radius 1 is 1.21 bits per heavy atom. The van der Waals surface area contributed by atoms with E-state index in [-0.39, 0.29) is 10.6 Å². The van der Waals surface area contributed by atoms with Gasteiger partial charge in [-0.1, -0.05) is 6.07 Å². The highest BCUT2D eigenvalue weighted by atomic mass is 16.6. The molecule has 29 heavy (non-hydrogen) atoms. The summed E-state index contributed by atoms with van der Waals surface area (Å²) in [4.78, 5) is 29.9. The van der Waals surface area contributed by atoms with Crippen molar-refractivity contribution in [2.45, 2.75) is 19.5 Å². The molecule has 8 heteroatoms. The Hall–Kier alpha value is -3.65. The molecule has 0 spiro atoms. The summed E-state index contributed by atoms with van der Waals surface area (Å²) in [7, 11) is 0. The summed E-state index contributed by atoms with van der Waals surface area (Å²) in [6.07, 6.45) is 8.06.